The van der Waals surface area contributed by atoms with E-state index in [9.17, 15) is 0 Å². The molecule has 15 heavy (non-hydrogen) atoms. The van der Waals surface area contributed by atoms with Crippen LogP contribution < -0.4 is 5.32 Å². The highest BCUT2D eigenvalue weighted by Crippen LogP contribution is 2.05. The Morgan fingerprint density at radius 1 is 1.47 bits per heavy atom. The zero-order valence-corrected chi connectivity index (χ0v) is 9.62. The predicted molar refractivity (Wildman–Crippen MR) is 57.8 cm³/mol. The van der Waals surface area contributed by atoms with Gasteiger partial charge in [0.2, 0.25) is 0 Å². The number of hydrogen-bond donors (Lipinski definition) is 1. The van der Waals surface area contributed by atoms with E-state index in [0.29, 0.717) is 30.8 Å². The first-order chi connectivity index (χ1) is 7.22. The molecule has 86 valence electrons. The Balaban J connectivity index is 2.29. The van der Waals surface area contributed by atoms with E-state index in [-0.39, 0.29) is 0 Å². The van der Waals surface area contributed by atoms with Crippen LogP contribution in [0.4, 0.5) is 6.01 Å². The minimum atomic E-state index is 0.496. The molecule has 0 fully saturated rings. The van der Waals surface area contributed by atoms with Crippen LogP contribution in [0.5, 0.6) is 0 Å². The second-order valence-electron chi connectivity index (χ2n) is 3.74. The van der Waals surface area contributed by atoms with E-state index in [0.717, 1.165) is 13.2 Å². The van der Waals surface area contributed by atoms with Gasteiger partial charge in [-0.1, -0.05) is 19.0 Å². The summed E-state index contributed by atoms with van der Waals surface area (Å²) in [6, 6.07) is 0.496. The highest BCUT2D eigenvalue weighted by Gasteiger charge is 2.05. The number of rotatable bonds is 7. The molecule has 0 aliphatic carbocycles. The smallest absolute Gasteiger partial charge is 0.321 e. The molecule has 0 bridgehead atoms. The lowest BCUT2D eigenvalue weighted by Gasteiger charge is -2.02. The molecule has 0 aromatic carbocycles. The Bertz CT molecular complexity index is 273. The van der Waals surface area contributed by atoms with Crippen LogP contribution in [0.15, 0.2) is 4.52 Å². The SMILES string of the molecule is CCOCCc1noc(NCC(C)C)n1. The van der Waals surface area contributed by atoms with E-state index in [2.05, 4.69) is 29.3 Å². The van der Waals surface area contributed by atoms with Crippen LogP contribution in [0.1, 0.15) is 26.6 Å². The molecule has 0 atom stereocenters. The molecule has 1 N–H and O–H groups in total. The van der Waals surface area contributed by atoms with Crippen LogP contribution in [0, 0.1) is 5.92 Å². The maximum atomic E-state index is 5.20. The maximum absolute atomic E-state index is 5.20. The molecular formula is C10H19N3O2. The normalized spacial score (nSPS) is 10.9. The summed E-state index contributed by atoms with van der Waals surface area (Å²) in [6.07, 6.45) is 0.695. The molecule has 1 aromatic heterocycles. The number of nitrogens with zero attached hydrogens (tertiary/aromatic N) is 2. The predicted octanol–water partition coefficient (Wildman–Crippen LogP) is 1.72. The van der Waals surface area contributed by atoms with Gasteiger partial charge in [-0.3, -0.25) is 0 Å². The monoisotopic (exact) mass is 213 g/mol. The molecule has 0 saturated carbocycles. The van der Waals surface area contributed by atoms with Crippen molar-refractivity contribution in [3.05, 3.63) is 5.82 Å². The minimum Gasteiger partial charge on any atom is -0.381 e. The molecule has 0 radical (unpaired) electrons. The van der Waals surface area contributed by atoms with Crippen molar-refractivity contribution >= 4 is 6.01 Å². The molecular weight excluding hydrogens is 194 g/mol. The van der Waals surface area contributed by atoms with Gasteiger partial charge in [-0.15, -0.1) is 0 Å². The number of ether oxygens (including phenoxy) is 1. The molecule has 0 amide bonds. The number of anilines is 1. The fourth-order valence-electron chi connectivity index (χ4n) is 1.03. The van der Waals surface area contributed by atoms with Crippen molar-refractivity contribution in [1.82, 2.24) is 10.1 Å². The summed E-state index contributed by atoms with van der Waals surface area (Å²) < 4.78 is 10.2. The lowest BCUT2D eigenvalue weighted by molar-refractivity contribution is 0.149. The van der Waals surface area contributed by atoms with Gasteiger partial charge in [-0.05, 0) is 12.8 Å². The topological polar surface area (TPSA) is 60.2 Å². The van der Waals surface area contributed by atoms with Crippen LogP contribution in [0.3, 0.4) is 0 Å². The third-order valence-electron chi connectivity index (χ3n) is 1.80. The van der Waals surface area contributed by atoms with Gasteiger partial charge in [0.15, 0.2) is 5.82 Å². The third kappa shape index (κ3) is 4.78. The van der Waals surface area contributed by atoms with Crippen molar-refractivity contribution in [3.8, 4) is 0 Å². The van der Waals surface area contributed by atoms with Crippen molar-refractivity contribution in [2.24, 2.45) is 5.92 Å². The molecule has 0 aliphatic heterocycles. The van der Waals surface area contributed by atoms with Gasteiger partial charge in [0.1, 0.15) is 0 Å². The van der Waals surface area contributed by atoms with Gasteiger partial charge in [0.25, 0.3) is 0 Å². The van der Waals surface area contributed by atoms with E-state index in [1.165, 1.54) is 0 Å². The van der Waals surface area contributed by atoms with Crippen molar-refractivity contribution in [3.63, 3.8) is 0 Å². The van der Waals surface area contributed by atoms with E-state index in [4.69, 9.17) is 9.26 Å². The van der Waals surface area contributed by atoms with Gasteiger partial charge >= 0.3 is 6.01 Å². The summed E-state index contributed by atoms with van der Waals surface area (Å²) >= 11 is 0. The summed E-state index contributed by atoms with van der Waals surface area (Å²) in [6.45, 7) is 8.41. The third-order valence-corrected chi connectivity index (χ3v) is 1.80. The number of nitrogens with one attached hydrogen (secondary N) is 1. The zero-order valence-electron chi connectivity index (χ0n) is 9.62. The summed E-state index contributed by atoms with van der Waals surface area (Å²) in [5, 5.41) is 6.91. The van der Waals surface area contributed by atoms with Crippen LogP contribution >= 0.6 is 0 Å². The molecule has 5 heteroatoms. The molecule has 1 heterocycles. The van der Waals surface area contributed by atoms with Crippen molar-refractivity contribution < 1.29 is 9.26 Å². The average molecular weight is 213 g/mol. The molecule has 1 rings (SSSR count). The molecule has 0 saturated heterocycles. The zero-order chi connectivity index (χ0) is 11.1. The number of hydrogen-bond acceptors (Lipinski definition) is 5. The quantitative estimate of drug-likeness (QED) is 0.699. The first kappa shape index (κ1) is 12.0. The summed E-state index contributed by atoms with van der Waals surface area (Å²) in [5.41, 5.74) is 0. The van der Waals surface area contributed by atoms with Gasteiger partial charge in [-0.25, -0.2) is 0 Å². The Morgan fingerprint density at radius 2 is 2.27 bits per heavy atom. The summed E-state index contributed by atoms with van der Waals surface area (Å²) in [7, 11) is 0. The van der Waals surface area contributed by atoms with Gasteiger partial charge < -0.3 is 14.6 Å². The second kappa shape index (κ2) is 6.40. The van der Waals surface area contributed by atoms with Crippen LogP contribution in [-0.4, -0.2) is 29.9 Å². The van der Waals surface area contributed by atoms with Crippen LogP contribution in [0.2, 0.25) is 0 Å². The van der Waals surface area contributed by atoms with Crippen molar-refractivity contribution in [2.45, 2.75) is 27.2 Å². The first-order valence-electron chi connectivity index (χ1n) is 5.36. The van der Waals surface area contributed by atoms with Crippen LogP contribution in [0.25, 0.3) is 0 Å². The standard InChI is InChI=1S/C10H19N3O2/c1-4-14-6-5-9-12-10(15-13-9)11-7-8(2)3/h8H,4-7H2,1-3H3,(H,11,12,13). The van der Waals surface area contributed by atoms with Crippen molar-refractivity contribution in [2.75, 3.05) is 25.1 Å². The van der Waals surface area contributed by atoms with Crippen LogP contribution in [-0.2, 0) is 11.2 Å². The first-order valence-corrected chi connectivity index (χ1v) is 5.36. The number of aromatic nitrogens is 2. The lowest BCUT2D eigenvalue weighted by atomic mass is 10.2. The molecule has 1 aromatic rings. The average Bonchev–Trinajstić information content (AvgIpc) is 2.63. The van der Waals surface area contributed by atoms with E-state index in [1.54, 1.807) is 0 Å². The summed E-state index contributed by atoms with van der Waals surface area (Å²) in [4.78, 5) is 4.19. The Hall–Kier alpha value is -1.10. The Labute approximate surface area is 90.2 Å². The fraction of sp³-hybridized carbons (Fsp3) is 0.800. The van der Waals surface area contributed by atoms with Gasteiger partial charge in [0.05, 0.1) is 6.61 Å². The van der Waals surface area contributed by atoms with E-state index < -0.39 is 0 Å². The van der Waals surface area contributed by atoms with E-state index in [1.807, 2.05) is 6.92 Å². The molecule has 0 spiro atoms. The van der Waals surface area contributed by atoms with Crippen molar-refractivity contribution in [1.29, 1.82) is 0 Å². The molecule has 5 nitrogen and oxygen atoms in total. The summed E-state index contributed by atoms with van der Waals surface area (Å²) in [5.74, 6) is 1.25. The Morgan fingerprint density at radius 3 is 2.93 bits per heavy atom. The van der Waals surface area contributed by atoms with Gasteiger partial charge in [-0.2, -0.15) is 4.98 Å². The van der Waals surface area contributed by atoms with Gasteiger partial charge in [0, 0.05) is 19.6 Å². The molecule has 0 unspecified atom stereocenters. The lowest BCUT2D eigenvalue weighted by Crippen LogP contribution is -2.08. The second-order valence-corrected chi connectivity index (χ2v) is 3.74. The largest absolute Gasteiger partial charge is 0.381 e. The van der Waals surface area contributed by atoms with E-state index >= 15 is 0 Å². The highest BCUT2D eigenvalue weighted by molar-refractivity contribution is 5.17. The Kier molecular flexibility index (Phi) is 5.10. The molecule has 0 aliphatic rings. The maximum Gasteiger partial charge on any atom is 0.321 e. The fourth-order valence-corrected chi connectivity index (χ4v) is 1.03. The highest BCUT2D eigenvalue weighted by atomic mass is 16.5. The minimum absolute atomic E-state index is 0.496.